The highest BCUT2D eigenvalue weighted by atomic mass is 16.6. The van der Waals surface area contributed by atoms with Crippen LogP contribution in [-0.2, 0) is 6.54 Å². The second kappa shape index (κ2) is 6.15. The van der Waals surface area contributed by atoms with E-state index in [0.717, 1.165) is 13.0 Å². The quantitative estimate of drug-likeness (QED) is 0.459. The van der Waals surface area contributed by atoms with E-state index < -0.39 is 10.5 Å². The van der Waals surface area contributed by atoms with Gasteiger partial charge in [0.25, 0.3) is 0 Å². The molecule has 6 nitrogen and oxygen atoms in total. The zero-order chi connectivity index (χ0) is 12.8. The van der Waals surface area contributed by atoms with Crippen molar-refractivity contribution in [1.29, 1.82) is 0 Å². The second-order valence-corrected chi connectivity index (χ2v) is 4.11. The number of nitro groups is 1. The summed E-state index contributed by atoms with van der Waals surface area (Å²) in [4.78, 5) is 21.6. The Labute approximate surface area is 99.4 Å². The van der Waals surface area contributed by atoms with Crippen LogP contribution in [0.5, 0.6) is 0 Å². The number of pyridine rings is 1. The summed E-state index contributed by atoms with van der Waals surface area (Å²) < 4.78 is 1.38. The molecule has 0 atom stereocenters. The maximum atomic E-state index is 11.6. The van der Waals surface area contributed by atoms with Gasteiger partial charge in [-0.1, -0.05) is 13.8 Å². The second-order valence-electron chi connectivity index (χ2n) is 4.11. The smallest absolute Gasteiger partial charge is 0.314 e. The molecule has 6 heteroatoms. The Hall–Kier alpha value is -1.69. The van der Waals surface area contributed by atoms with Gasteiger partial charge in [-0.2, -0.15) is 0 Å². The number of aromatic nitrogens is 1. The normalized spacial score (nSPS) is 10.8. The zero-order valence-corrected chi connectivity index (χ0v) is 10.0. The molecule has 0 saturated heterocycles. The first-order valence-corrected chi connectivity index (χ1v) is 5.59. The van der Waals surface area contributed by atoms with Crippen LogP contribution in [0.25, 0.3) is 0 Å². The third kappa shape index (κ3) is 3.99. The van der Waals surface area contributed by atoms with Crippen molar-refractivity contribution < 1.29 is 4.92 Å². The molecule has 0 unspecified atom stereocenters. The summed E-state index contributed by atoms with van der Waals surface area (Å²) in [6.45, 7) is 5.35. The van der Waals surface area contributed by atoms with Crippen molar-refractivity contribution in [3.05, 3.63) is 38.8 Å². The Balaban J connectivity index is 2.63. The minimum absolute atomic E-state index is 0.371. The summed E-state index contributed by atoms with van der Waals surface area (Å²) in [5.74, 6) is 0. The van der Waals surface area contributed by atoms with E-state index >= 15 is 0 Å². The first-order valence-electron chi connectivity index (χ1n) is 5.59. The van der Waals surface area contributed by atoms with Crippen LogP contribution in [0.15, 0.2) is 23.1 Å². The fraction of sp³-hybridized carbons (Fsp3) is 0.545. The molecular formula is C11H17N3O3. The van der Waals surface area contributed by atoms with Crippen molar-refractivity contribution in [3.8, 4) is 0 Å². The average Bonchev–Trinajstić information content (AvgIpc) is 2.25. The van der Waals surface area contributed by atoms with E-state index in [0.29, 0.717) is 12.6 Å². The SMILES string of the molecule is CC(C)NCCCn1cccc([N+](=O)[O-])c1=O. The van der Waals surface area contributed by atoms with E-state index in [1.807, 2.05) is 13.8 Å². The lowest BCUT2D eigenvalue weighted by molar-refractivity contribution is -0.386. The van der Waals surface area contributed by atoms with Crippen LogP contribution in [0.1, 0.15) is 20.3 Å². The molecule has 1 heterocycles. The lowest BCUT2D eigenvalue weighted by atomic mass is 10.3. The van der Waals surface area contributed by atoms with Crippen molar-refractivity contribution in [1.82, 2.24) is 9.88 Å². The van der Waals surface area contributed by atoms with Crippen LogP contribution < -0.4 is 10.9 Å². The summed E-state index contributed by atoms with van der Waals surface area (Å²) in [5.41, 5.74) is -0.911. The molecule has 1 aromatic heterocycles. The zero-order valence-electron chi connectivity index (χ0n) is 10.0. The average molecular weight is 239 g/mol. The topological polar surface area (TPSA) is 77.2 Å². The van der Waals surface area contributed by atoms with E-state index in [2.05, 4.69) is 5.32 Å². The standard InChI is InChI=1S/C11H17N3O3/c1-9(2)12-6-4-8-13-7-3-5-10(11(13)15)14(16)17/h3,5,7,9,12H,4,6,8H2,1-2H3. The van der Waals surface area contributed by atoms with Gasteiger partial charge in [0.2, 0.25) is 0 Å². The van der Waals surface area contributed by atoms with Gasteiger partial charge in [0, 0.05) is 24.8 Å². The number of hydrogen-bond acceptors (Lipinski definition) is 4. The van der Waals surface area contributed by atoms with Crippen molar-refractivity contribution in [2.75, 3.05) is 6.54 Å². The molecule has 0 saturated carbocycles. The monoisotopic (exact) mass is 239 g/mol. The lowest BCUT2D eigenvalue weighted by Gasteiger charge is -2.08. The summed E-state index contributed by atoms with van der Waals surface area (Å²) >= 11 is 0. The van der Waals surface area contributed by atoms with E-state index in [1.54, 1.807) is 6.20 Å². The number of rotatable bonds is 6. The van der Waals surface area contributed by atoms with E-state index in [9.17, 15) is 14.9 Å². The molecule has 0 bridgehead atoms. The predicted octanol–water partition coefficient (Wildman–Crippen LogP) is 1.14. The first-order chi connectivity index (χ1) is 8.02. The molecule has 0 spiro atoms. The van der Waals surface area contributed by atoms with Crippen molar-refractivity contribution >= 4 is 5.69 Å². The molecule has 0 amide bonds. The van der Waals surface area contributed by atoms with Gasteiger partial charge in [-0.3, -0.25) is 14.9 Å². The van der Waals surface area contributed by atoms with E-state index in [4.69, 9.17) is 0 Å². The Morgan fingerprint density at radius 1 is 1.53 bits per heavy atom. The molecule has 1 rings (SSSR count). The molecule has 94 valence electrons. The Bertz CT molecular complexity index is 440. The van der Waals surface area contributed by atoms with Crippen LogP contribution in [0.3, 0.4) is 0 Å². The number of hydrogen-bond donors (Lipinski definition) is 1. The Morgan fingerprint density at radius 3 is 2.82 bits per heavy atom. The third-order valence-corrected chi connectivity index (χ3v) is 2.33. The highest BCUT2D eigenvalue weighted by molar-refractivity contribution is 5.24. The van der Waals surface area contributed by atoms with Crippen LogP contribution in [0.4, 0.5) is 5.69 Å². The lowest BCUT2D eigenvalue weighted by Crippen LogP contribution is -2.27. The van der Waals surface area contributed by atoms with Crippen LogP contribution in [0, 0.1) is 10.1 Å². The van der Waals surface area contributed by atoms with Crippen molar-refractivity contribution in [2.24, 2.45) is 0 Å². The van der Waals surface area contributed by atoms with Crippen LogP contribution in [-0.4, -0.2) is 22.1 Å². The fourth-order valence-electron chi connectivity index (χ4n) is 1.48. The molecule has 17 heavy (non-hydrogen) atoms. The minimum atomic E-state index is -0.648. The molecular weight excluding hydrogens is 222 g/mol. The van der Waals surface area contributed by atoms with Gasteiger partial charge in [-0.25, -0.2) is 0 Å². The van der Waals surface area contributed by atoms with Gasteiger partial charge in [-0.05, 0) is 19.0 Å². The molecule has 0 aliphatic heterocycles. The molecule has 0 fully saturated rings. The summed E-state index contributed by atoms with van der Waals surface area (Å²) in [5, 5.41) is 13.8. The molecule has 1 aromatic rings. The predicted molar refractivity (Wildman–Crippen MR) is 65.1 cm³/mol. The summed E-state index contributed by atoms with van der Waals surface area (Å²) in [6.07, 6.45) is 2.34. The largest absolute Gasteiger partial charge is 0.334 e. The summed E-state index contributed by atoms with van der Waals surface area (Å²) in [6, 6.07) is 3.15. The van der Waals surface area contributed by atoms with E-state index in [1.165, 1.54) is 16.7 Å². The van der Waals surface area contributed by atoms with Gasteiger partial charge in [0.1, 0.15) is 0 Å². The van der Waals surface area contributed by atoms with Gasteiger partial charge >= 0.3 is 11.2 Å². The van der Waals surface area contributed by atoms with Crippen LogP contribution in [0.2, 0.25) is 0 Å². The highest BCUT2D eigenvalue weighted by Crippen LogP contribution is 2.01. The number of aryl methyl sites for hydroxylation is 1. The summed E-state index contributed by atoms with van der Waals surface area (Å²) in [7, 11) is 0. The number of nitrogens with zero attached hydrogens (tertiary/aromatic N) is 2. The fourth-order valence-corrected chi connectivity index (χ4v) is 1.48. The molecule has 0 aliphatic carbocycles. The molecule has 0 aliphatic rings. The minimum Gasteiger partial charge on any atom is -0.314 e. The van der Waals surface area contributed by atoms with Gasteiger partial charge < -0.3 is 9.88 Å². The maximum absolute atomic E-state index is 11.6. The first kappa shape index (κ1) is 13.4. The molecule has 0 radical (unpaired) electrons. The van der Waals surface area contributed by atoms with Gasteiger partial charge in [0.05, 0.1) is 4.92 Å². The maximum Gasteiger partial charge on any atom is 0.334 e. The Morgan fingerprint density at radius 2 is 2.24 bits per heavy atom. The highest BCUT2D eigenvalue weighted by Gasteiger charge is 2.12. The van der Waals surface area contributed by atoms with E-state index in [-0.39, 0.29) is 5.69 Å². The van der Waals surface area contributed by atoms with Crippen molar-refractivity contribution in [3.63, 3.8) is 0 Å². The molecule has 1 N–H and O–H groups in total. The van der Waals surface area contributed by atoms with Crippen LogP contribution >= 0.6 is 0 Å². The van der Waals surface area contributed by atoms with Gasteiger partial charge in [-0.15, -0.1) is 0 Å². The third-order valence-electron chi connectivity index (χ3n) is 2.33. The number of nitrogens with one attached hydrogen (secondary N) is 1. The van der Waals surface area contributed by atoms with Crippen molar-refractivity contribution in [2.45, 2.75) is 32.9 Å². The Kier molecular flexibility index (Phi) is 4.84. The molecule has 0 aromatic carbocycles. The van der Waals surface area contributed by atoms with Gasteiger partial charge in [0.15, 0.2) is 0 Å².